The van der Waals surface area contributed by atoms with Crippen molar-refractivity contribution >= 4 is 23.3 Å². The first-order chi connectivity index (χ1) is 20.6. The van der Waals surface area contributed by atoms with Gasteiger partial charge in [-0.25, -0.2) is 13.2 Å². The van der Waals surface area contributed by atoms with Crippen molar-refractivity contribution in [1.82, 2.24) is 19.8 Å². The summed E-state index contributed by atoms with van der Waals surface area (Å²) >= 11 is 6.51. The van der Waals surface area contributed by atoms with Gasteiger partial charge in [0.05, 0.1) is 24.2 Å². The maximum Gasteiger partial charge on any atom is 0.318 e. The van der Waals surface area contributed by atoms with Crippen molar-refractivity contribution in [1.29, 1.82) is 5.26 Å². The Morgan fingerprint density at radius 1 is 1.19 bits per heavy atom. The van der Waals surface area contributed by atoms with E-state index in [1.54, 1.807) is 0 Å². The van der Waals surface area contributed by atoms with E-state index in [-0.39, 0.29) is 43.9 Å². The first-order valence-electron chi connectivity index (χ1n) is 14.7. The van der Waals surface area contributed by atoms with Crippen LogP contribution in [0.1, 0.15) is 54.2 Å². The largest absolute Gasteiger partial charge is 0.462 e. The molecule has 4 aliphatic rings. The van der Waals surface area contributed by atoms with Crippen LogP contribution in [0.5, 0.6) is 6.01 Å². The number of anilines is 1. The molecule has 0 unspecified atom stereocenters. The van der Waals surface area contributed by atoms with Crippen LogP contribution in [-0.2, 0) is 23.1 Å². The molecule has 0 radical (unpaired) electrons. The Hall–Kier alpha value is -3.36. The minimum Gasteiger partial charge on any atom is -0.462 e. The number of hydrogen-bond donors (Lipinski definition) is 0. The number of rotatable bonds is 6. The topological polar surface area (TPSA) is 85.6 Å². The van der Waals surface area contributed by atoms with Gasteiger partial charge in [-0.15, -0.1) is 0 Å². The van der Waals surface area contributed by atoms with Gasteiger partial charge in [0.25, 0.3) is 5.91 Å². The number of benzene rings is 1. The Kier molecular flexibility index (Phi) is 8.03. The fourth-order valence-corrected chi connectivity index (χ4v) is 7.66. The van der Waals surface area contributed by atoms with Crippen LogP contribution in [0.25, 0.3) is 0 Å². The first-order valence-corrected chi connectivity index (χ1v) is 15.1. The van der Waals surface area contributed by atoms with Gasteiger partial charge >= 0.3 is 6.01 Å². The molecule has 2 fully saturated rings. The summed E-state index contributed by atoms with van der Waals surface area (Å²) in [5, 5.41) is 10.1. The van der Waals surface area contributed by atoms with Crippen LogP contribution >= 0.6 is 11.6 Å². The molecule has 0 N–H and O–H groups in total. The number of nitrogens with zero attached hydrogens (tertiary/aromatic N) is 6. The normalized spacial score (nSPS) is 28.5. The van der Waals surface area contributed by atoms with Gasteiger partial charge in [0.2, 0.25) is 0 Å². The van der Waals surface area contributed by atoms with Crippen LogP contribution in [0, 0.1) is 11.3 Å². The summed E-state index contributed by atoms with van der Waals surface area (Å²) in [4.78, 5) is 27.0. The SMILES string of the molecule is C=C(F)C(=O)N1CCN(c2nc(OC[C@@H]3C[C@H](F)CN3C)nc3c2CC[C@@]2(CCc4c(Cl)cccc42)[C@H]3F)C[C@@H]1CC#N. The van der Waals surface area contributed by atoms with Crippen molar-refractivity contribution in [3.8, 4) is 12.1 Å². The van der Waals surface area contributed by atoms with Gasteiger partial charge in [0, 0.05) is 48.2 Å². The van der Waals surface area contributed by atoms with E-state index in [1.807, 2.05) is 35.0 Å². The van der Waals surface area contributed by atoms with Crippen molar-refractivity contribution in [2.45, 2.75) is 68.4 Å². The number of likely N-dealkylation sites (N-methyl/N-ethyl adjacent to an activating group) is 1. The van der Waals surface area contributed by atoms with Crippen LogP contribution in [0.3, 0.4) is 0 Å². The number of piperazine rings is 1. The van der Waals surface area contributed by atoms with Crippen LogP contribution in [0.2, 0.25) is 5.02 Å². The molecule has 1 aromatic carbocycles. The van der Waals surface area contributed by atoms with E-state index < -0.39 is 35.5 Å². The fraction of sp³-hybridized carbons (Fsp3) is 0.548. The van der Waals surface area contributed by atoms with E-state index in [4.69, 9.17) is 21.3 Å². The second kappa shape index (κ2) is 11.6. The molecule has 2 saturated heterocycles. The summed E-state index contributed by atoms with van der Waals surface area (Å²) in [6.07, 6.45) is 0.245. The molecule has 43 heavy (non-hydrogen) atoms. The summed E-state index contributed by atoms with van der Waals surface area (Å²) in [6.45, 7) is 4.22. The van der Waals surface area contributed by atoms with Gasteiger partial charge in [-0.3, -0.25) is 9.69 Å². The Bertz CT molecular complexity index is 1490. The zero-order valence-corrected chi connectivity index (χ0v) is 24.8. The highest BCUT2D eigenvalue weighted by Gasteiger charge is 2.51. The molecule has 0 saturated carbocycles. The number of likely N-dealkylation sites (tertiary alicyclic amines) is 1. The lowest BCUT2D eigenvalue weighted by Gasteiger charge is -2.43. The Morgan fingerprint density at radius 3 is 2.65 bits per heavy atom. The van der Waals surface area contributed by atoms with Gasteiger partial charge in [-0.1, -0.05) is 30.3 Å². The lowest BCUT2D eigenvalue weighted by molar-refractivity contribution is -0.131. The van der Waals surface area contributed by atoms with Crippen LogP contribution in [0.15, 0.2) is 30.6 Å². The minimum atomic E-state index is -1.45. The first kappa shape index (κ1) is 29.7. The van der Waals surface area contributed by atoms with Crippen LogP contribution in [-0.4, -0.2) is 83.8 Å². The molecule has 6 rings (SSSR count). The zero-order valence-electron chi connectivity index (χ0n) is 24.0. The second-order valence-corrected chi connectivity index (χ2v) is 12.5. The lowest BCUT2D eigenvalue weighted by atomic mass is 9.68. The number of hydrogen-bond acceptors (Lipinski definition) is 7. The number of amides is 1. The van der Waals surface area contributed by atoms with Crippen molar-refractivity contribution < 1.29 is 22.7 Å². The smallest absolute Gasteiger partial charge is 0.318 e. The van der Waals surface area contributed by atoms with Gasteiger partial charge in [-0.2, -0.15) is 15.2 Å². The number of halogens is 4. The lowest BCUT2D eigenvalue weighted by Crippen LogP contribution is -2.55. The molecule has 3 heterocycles. The average molecular weight is 615 g/mol. The molecule has 0 bridgehead atoms. The molecule has 1 aromatic heterocycles. The van der Waals surface area contributed by atoms with Crippen LogP contribution in [0.4, 0.5) is 19.0 Å². The molecule has 8 nitrogen and oxygen atoms in total. The van der Waals surface area contributed by atoms with E-state index in [0.717, 1.165) is 11.1 Å². The predicted molar refractivity (Wildman–Crippen MR) is 155 cm³/mol. The Labute approximate surface area is 254 Å². The summed E-state index contributed by atoms with van der Waals surface area (Å²) in [5.74, 6) is -1.44. The quantitative estimate of drug-likeness (QED) is 0.432. The summed E-state index contributed by atoms with van der Waals surface area (Å²) in [6, 6.07) is 6.95. The third-order valence-corrected chi connectivity index (χ3v) is 10.0. The number of carbonyl (C=O) groups excluding carboxylic acids is 1. The van der Waals surface area contributed by atoms with E-state index in [0.29, 0.717) is 61.6 Å². The molecule has 228 valence electrons. The number of carbonyl (C=O) groups is 1. The van der Waals surface area contributed by atoms with Gasteiger partial charge in [0.1, 0.15) is 18.6 Å². The molecule has 12 heteroatoms. The monoisotopic (exact) mass is 614 g/mol. The second-order valence-electron chi connectivity index (χ2n) is 12.1. The van der Waals surface area contributed by atoms with Crippen molar-refractivity contribution in [2.24, 2.45) is 0 Å². The molecule has 2 aliphatic carbocycles. The maximum absolute atomic E-state index is 17.0. The fourth-order valence-electron chi connectivity index (χ4n) is 7.39. The van der Waals surface area contributed by atoms with Crippen LogP contribution < -0.4 is 9.64 Å². The number of aromatic nitrogens is 2. The molecular formula is C31H34ClF3N6O2. The highest BCUT2D eigenvalue weighted by molar-refractivity contribution is 6.31. The number of nitriles is 1. The highest BCUT2D eigenvalue weighted by Crippen LogP contribution is 2.56. The predicted octanol–water partition coefficient (Wildman–Crippen LogP) is 4.81. The van der Waals surface area contributed by atoms with Gasteiger partial charge in [-0.05, 0) is 56.3 Å². The Morgan fingerprint density at radius 2 is 1.95 bits per heavy atom. The summed E-state index contributed by atoms with van der Waals surface area (Å²) < 4.78 is 50.8. The molecule has 2 aromatic rings. The third kappa shape index (κ3) is 5.22. The Balaban J connectivity index is 1.37. The number of fused-ring (bicyclic) bond motifs is 3. The van der Waals surface area contributed by atoms with E-state index in [1.165, 1.54) is 4.90 Å². The minimum absolute atomic E-state index is 0.000878. The van der Waals surface area contributed by atoms with E-state index in [2.05, 4.69) is 17.6 Å². The van der Waals surface area contributed by atoms with E-state index in [9.17, 15) is 18.8 Å². The molecule has 1 spiro atoms. The number of alkyl halides is 2. The molecule has 5 atom stereocenters. The summed E-state index contributed by atoms with van der Waals surface area (Å²) in [7, 11) is 1.83. The van der Waals surface area contributed by atoms with E-state index >= 15 is 4.39 Å². The summed E-state index contributed by atoms with van der Waals surface area (Å²) in [5.41, 5.74) is 2.03. The van der Waals surface area contributed by atoms with Crippen molar-refractivity contribution in [3.63, 3.8) is 0 Å². The zero-order chi connectivity index (χ0) is 30.5. The van der Waals surface area contributed by atoms with Gasteiger partial charge in [0.15, 0.2) is 12.0 Å². The van der Waals surface area contributed by atoms with Crippen molar-refractivity contribution in [2.75, 3.05) is 44.7 Å². The maximum atomic E-state index is 17.0. The molecular weight excluding hydrogens is 581 g/mol. The number of ether oxygens (including phenoxy) is 1. The molecule has 2 aliphatic heterocycles. The van der Waals surface area contributed by atoms with Gasteiger partial charge < -0.3 is 14.5 Å². The molecule has 1 amide bonds. The van der Waals surface area contributed by atoms with Crippen molar-refractivity contribution in [3.05, 3.63) is 58.0 Å². The standard InChI is InChI=1S/C31H34ClF3N6O2/c1-18(33)29(42)41-13-12-40(16-20(41)8-11-36)28-23-7-10-31(9-6-22-24(31)4-3-5-25(22)32)27(35)26(23)37-30(38-28)43-17-21-14-19(34)15-39(21)2/h3-5,19-21,27H,1,6-10,12-17H2,2H3/t19-,20-,21-,27-,31+/m0/s1. The average Bonchev–Trinajstić information content (AvgIpc) is 3.53. The third-order valence-electron chi connectivity index (χ3n) is 9.66. The highest BCUT2D eigenvalue weighted by atomic mass is 35.5.